The summed E-state index contributed by atoms with van der Waals surface area (Å²) in [7, 11) is -3.52. The molecule has 3 rings (SSSR count). The summed E-state index contributed by atoms with van der Waals surface area (Å²) in [5.41, 5.74) is -1.55. The van der Waals surface area contributed by atoms with Gasteiger partial charge in [0.05, 0.1) is 12.2 Å². The fraction of sp³-hybridized carbons (Fsp3) is 0.481. The number of carbonyl (C=O) groups is 1. The highest BCUT2D eigenvalue weighted by Gasteiger charge is 2.50. The van der Waals surface area contributed by atoms with E-state index in [2.05, 4.69) is 26.8 Å². The van der Waals surface area contributed by atoms with Gasteiger partial charge in [-0.15, -0.1) is 0 Å². The van der Waals surface area contributed by atoms with Gasteiger partial charge in [0.15, 0.2) is 8.32 Å². The molecule has 1 aliphatic rings. The van der Waals surface area contributed by atoms with E-state index in [0.29, 0.717) is 4.57 Å². The minimum Gasteiger partial charge on any atom is -0.410 e. The molecule has 40 heavy (non-hydrogen) atoms. The summed E-state index contributed by atoms with van der Waals surface area (Å²) < 4.78 is 37.5. The zero-order valence-corrected chi connectivity index (χ0v) is 25.7. The lowest BCUT2D eigenvalue weighted by Gasteiger charge is -2.40. The first-order valence-electron chi connectivity index (χ1n) is 12.7. The number of carbonyl (C=O) groups excluding carboxylic acids is 1. The van der Waals surface area contributed by atoms with E-state index in [1.165, 1.54) is 44.4 Å². The van der Waals surface area contributed by atoms with Crippen LogP contribution in [0, 0.1) is 17.2 Å². The number of hydrogen-bond acceptors (Lipinski definition) is 9. The minimum absolute atomic E-state index is 0.0568. The third-order valence-electron chi connectivity index (χ3n) is 7.45. The van der Waals surface area contributed by atoms with Crippen LogP contribution in [-0.2, 0) is 22.8 Å². The van der Waals surface area contributed by atoms with E-state index in [9.17, 15) is 24.2 Å². The normalized spacial score (nSPS) is 21.9. The van der Waals surface area contributed by atoms with Crippen molar-refractivity contribution in [3.63, 3.8) is 0 Å². The number of aromatic nitrogens is 2. The second-order valence-corrected chi connectivity index (χ2v) is 17.8. The predicted molar refractivity (Wildman–Crippen MR) is 152 cm³/mol. The topological polar surface area (TPSA) is 139 Å². The van der Waals surface area contributed by atoms with Gasteiger partial charge in [0.1, 0.15) is 12.3 Å². The molecular weight excluding hydrogens is 553 g/mol. The molecule has 0 aliphatic carbocycles. The highest BCUT2D eigenvalue weighted by atomic mass is 31.2. The summed E-state index contributed by atoms with van der Waals surface area (Å²) in [6.45, 7) is 10.3. The standard InChI is InChI=1S/C27H36N3O8PSi/c1-27(2,3)40(6,7)38-23-20(13-16-28)25(37-21(23)15-18-39(34,35-4)36-5)29-17-14-22(31)30(26(29)33)24(32)19-11-9-8-10-12-19/h8-12,14-15,17-18,20-21,23,25H,13H2,1-7H3/b18-15+/t20-,21-,23+,25-/m1/s1. The van der Waals surface area contributed by atoms with Crippen molar-refractivity contribution in [2.45, 2.75) is 63.8 Å². The SMILES string of the molecule is COP(=O)(/C=C/[C@H]1O[C@@H](n2ccc(=O)n(C(=O)c3ccccc3)c2=O)[C@H](CC#N)[C@@H]1O[Si](C)(C)C(C)(C)C)OC. The molecule has 0 spiro atoms. The molecule has 0 N–H and O–H groups in total. The van der Waals surface area contributed by atoms with Crippen molar-refractivity contribution < 1.29 is 27.6 Å². The van der Waals surface area contributed by atoms with Crippen LogP contribution < -0.4 is 11.2 Å². The van der Waals surface area contributed by atoms with E-state index < -0.39 is 57.4 Å². The molecule has 1 fully saturated rings. The van der Waals surface area contributed by atoms with Crippen molar-refractivity contribution in [3.8, 4) is 6.07 Å². The first-order chi connectivity index (χ1) is 18.7. The molecule has 2 aromatic rings. The van der Waals surface area contributed by atoms with Gasteiger partial charge >= 0.3 is 13.3 Å². The number of hydrogen-bond donors (Lipinski definition) is 0. The molecule has 1 aromatic heterocycles. The molecule has 11 nitrogen and oxygen atoms in total. The van der Waals surface area contributed by atoms with E-state index in [-0.39, 0.29) is 17.0 Å². The first kappa shape index (κ1) is 31.6. The van der Waals surface area contributed by atoms with Gasteiger partial charge in [-0.05, 0) is 36.3 Å². The fourth-order valence-corrected chi connectivity index (χ4v) is 6.25. The third-order valence-corrected chi connectivity index (χ3v) is 13.5. The highest BCUT2D eigenvalue weighted by Crippen LogP contribution is 2.50. The van der Waals surface area contributed by atoms with Crippen molar-refractivity contribution in [2.24, 2.45) is 5.92 Å². The van der Waals surface area contributed by atoms with Gasteiger partial charge in [-0.3, -0.25) is 18.7 Å². The maximum atomic E-state index is 13.6. The Kier molecular flexibility index (Phi) is 9.72. The van der Waals surface area contributed by atoms with E-state index in [0.717, 1.165) is 10.6 Å². The van der Waals surface area contributed by atoms with E-state index in [4.69, 9.17) is 18.2 Å². The molecule has 1 aliphatic heterocycles. The maximum Gasteiger partial charge on any atom is 0.353 e. The van der Waals surface area contributed by atoms with Crippen molar-refractivity contribution >= 4 is 21.8 Å². The summed E-state index contributed by atoms with van der Waals surface area (Å²) >= 11 is 0. The molecule has 0 amide bonds. The monoisotopic (exact) mass is 589 g/mol. The van der Waals surface area contributed by atoms with Crippen molar-refractivity contribution in [1.82, 2.24) is 9.13 Å². The second-order valence-electron chi connectivity index (χ2n) is 11.0. The summed E-state index contributed by atoms with van der Waals surface area (Å²) in [6, 6.07) is 11.2. The van der Waals surface area contributed by atoms with Crippen LogP contribution in [0.1, 0.15) is 43.8 Å². The molecule has 2 heterocycles. The van der Waals surface area contributed by atoms with Crippen LogP contribution in [0.25, 0.3) is 0 Å². The molecule has 0 radical (unpaired) electrons. The van der Waals surface area contributed by atoms with E-state index >= 15 is 0 Å². The molecular formula is C27H36N3O8PSi. The first-order valence-corrected chi connectivity index (χ1v) is 17.3. The zero-order valence-electron chi connectivity index (χ0n) is 23.8. The predicted octanol–water partition coefficient (Wildman–Crippen LogP) is 4.52. The van der Waals surface area contributed by atoms with Crippen LogP contribution in [0.15, 0.2) is 64.1 Å². The summed E-state index contributed by atoms with van der Waals surface area (Å²) in [4.78, 5) is 39.4. The Morgan fingerprint density at radius 1 is 1.15 bits per heavy atom. The Hall–Kier alpha value is -2.91. The van der Waals surface area contributed by atoms with Gasteiger partial charge in [-0.25, -0.2) is 4.79 Å². The van der Waals surface area contributed by atoms with Crippen LogP contribution in [0.3, 0.4) is 0 Å². The van der Waals surface area contributed by atoms with E-state index in [1.807, 2.05) is 13.1 Å². The van der Waals surface area contributed by atoms with Gasteiger partial charge in [0.25, 0.3) is 11.5 Å². The van der Waals surface area contributed by atoms with Crippen LogP contribution in [0.5, 0.6) is 0 Å². The van der Waals surface area contributed by atoms with Crippen molar-refractivity contribution in [1.29, 1.82) is 5.26 Å². The molecule has 1 aromatic carbocycles. The Labute approximate surface area is 234 Å². The smallest absolute Gasteiger partial charge is 0.353 e. The molecule has 4 atom stereocenters. The largest absolute Gasteiger partial charge is 0.410 e. The zero-order chi connectivity index (χ0) is 29.9. The third kappa shape index (κ3) is 6.52. The molecule has 0 saturated carbocycles. The van der Waals surface area contributed by atoms with Gasteiger partial charge < -0.3 is 18.2 Å². The molecule has 216 valence electrons. The van der Waals surface area contributed by atoms with Crippen LogP contribution >= 0.6 is 7.60 Å². The van der Waals surface area contributed by atoms with Crippen molar-refractivity contribution in [2.75, 3.05) is 14.2 Å². The number of rotatable bonds is 9. The van der Waals surface area contributed by atoms with Crippen molar-refractivity contribution in [3.05, 3.63) is 80.9 Å². The molecule has 0 bridgehead atoms. The molecule has 13 heteroatoms. The average molecular weight is 590 g/mol. The maximum absolute atomic E-state index is 13.6. The Morgan fingerprint density at radius 3 is 2.33 bits per heavy atom. The van der Waals surface area contributed by atoms with Gasteiger partial charge in [0, 0.05) is 50.2 Å². The Balaban J connectivity index is 2.15. The molecule has 0 unspecified atom stereocenters. The highest BCUT2D eigenvalue weighted by molar-refractivity contribution is 7.57. The molecule has 1 saturated heterocycles. The number of nitrogens with zero attached hydrogens (tertiary/aromatic N) is 3. The van der Waals surface area contributed by atoms with Crippen LogP contribution in [0.4, 0.5) is 0 Å². The fourth-order valence-electron chi connectivity index (χ4n) is 4.13. The number of nitriles is 1. The lowest BCUT2D eigenvalue weighted by molar-refractivity contribution is -0.00192. The van der Waals surface area contributed by atoms with Gasteiger partial charge in [-0.1, -0.05) is 39.0 Å². The average Bonchev–Trinajstić information content (AvgIpc) is 3.23. The van der Waals surface area contributed by atoms with Crippen LogP contribution in [-0.4, -0.2) is 49.8 Å². The van der Waals surface area contributed by atoms with E-state index in [1.54, 1.807) is 18.2 Å². The lowest BCUT2D eigenvalue weighted by Crippen LogP contribution is -2.48. The quantitative estimate of drug-likeness (QED) is 0.305. The Morgan fingerprint density at radius 2 is 1.77 bits per heavy atom. The summed E-state index contributed by atoms with van der Waals surface area (Å²) in [5, 5.41) is 9.55. The lowest BCUT2D eigenvalue weighted by atomic mass is 9.96. The summed E-state index contributed by atoms with van der Waals surface area (Å²) in [5.74, 6) is -0.200. The van der Waals surface area contributed by atoms with Gasteiger partial charge in [0.2, 0.25) is 0 Å². The minimum atomic E-state index is -3.57. The van der Waals surface area contributed by atoms with Gasteiger partial charge in [-0.2, -0.15) is 9.83 Å². The number of benzene rings is 1. The van der Waals surface area contributed by atoms with Crippen LogP contribution in [0.2, 0.25) is 18.1 Å². The second kappa shape index (κ2) is 12.3. The summed E-state index contributed by atoms with van der Waals surface area (Å²) in [6.07, 6.45) is 0.0371. The number of ether oxygens (including phenoxy) is 1. The Bertz CT molecular complexity index is 1450.